The molecular formula is C25H25BrCl2N4OS. The highest BCUT2D eigenvalue weighted by atomic mass is 79.9. The number of halogens is 3. The van der Waals surface area contributed by atoms with Crippen LogP contribution in [0, 0.1) is 0 Å². The Bertz CT molecular complexity index is 1240. The lowest BCUT2D eigenvalue weighted by Gasteiger charge is -2.21. The summed E-state index contributed by atoms with van der Waals surface area (Å²) < 4.78 is 2.92. The molecule has 5 nitrogen and oxygen atoms in total. The van der Waals surface area contributed by atoms with Crippen LogP contribution in [0.25, 0.3) is 17.3 Å². The molecule has 34 heavy (non-hydrogen) atoms. The van der Waals surface area contributed by atoms with Gasteiger partial charge in [0.05, 0.1) is 20.2 Å². The lowest BCUT2D eigenvalue weighted by atomic mass is 9.90. The van der Waals surface area contributed by atoms with E-state index in [9.17, 15) is 4.79 Å². The van der Waals surface area contributed by atoms with Gasteiger partial charge >= 0.3 is 0 Å². The largest absolute Gasteiger partial charge is 0.286 e. The third-order valence-electron chi connectivity index (χ3n) is 6.29. The van der Waals surface area contributed by atoms with Crippen molar-refractivity contribution in [3.63, 3.8) is 0 Å². The number of thiophene rings is 1. The van der Waals surface area contributed by atoms with E-state index in [4.69, 9.17) is 28.3 Å². The van der Waals surface area contributed by atoms with Gasteiger partial charge in [-0.05, 0) is 90.0 Å². The third kappa shape index (κ3) is 5.14. The van der Waals surface area contributed by atoms with Crippen LogP contribution < -0.4 is 5.43 Å². The smallest absolute Gasteiger partial charge is 0.283 e. The molecule has 1 fully saturated rings. The molecule has 0 bridgehead atoms. The van der Waals surface area contributed by atoms with E-state index in [-0.39, 0.29) is 5.91 Å². The summed E-state index contributed by atoms with van der Waals surface area (Å²) in [6.45, 7) is 1.74. The lowest BCUT2D eigenvalue weighted by molar-refractivity contribution is 0.0787. The SMILES string of the molecule is O=C(NN1CCCCCC1)c1nn(-c2ccc(Cl)cc2Cl)c2c1CCCC2=Cc1ccc(Br)s1. The van der Waals surface area contributed by atoms with Gasteiger partial charge in [0.1, 0.15) is 0 Å². The average Bonchev–Trinajstić information content (AvgIpc) is 3.30. The Morgan fingerprint density at radius 1 is 1.06 bits per heavy atom. The number of fused-ring (bicyclic) bond motifs is 1. The zero-order valence-electron chi connectivity index (χ0n) is 18.6. The van der Waals surface area contributed by atoms with E-state index in [2.05, 4.69) is 33.5 Å². The van der Waals surface area contributed by atoms with Crippen molar-refractivity contribution in [2.45, 2.75) is 44.9 Å². The monoisotopic (exact) mass is 578 g/mol. The summed E-state index contributed by atoms with van der Waals surface area (Å²) in [6, 6.07) is 9.53. The van der Waals surface area contributed by atoms with Gasteiger partial charge in [-0.2, -0.15) is 5.10 Å². The molecule has 2 aromatic heterocycles. The molecule has 1 aliphatic heterocycles. The zero-order valence-corrected chi connectivity index (χ0v) is 22.5. The summed E-state index contributed by atoms with van der Waals surface area (Å²) in [7, 11) is 0. The minimum atomic E-state index is -0.151. The molecule has 0 spiro atoms. The zero-order chi connectivity index (χ0) is 23.7. The second kappa shape index (κ2) is 10.5. The van der Waals surface area contributed by atoms with E-state index < -0.39 is 0 Å². The number of hydrogen-bond acceptors (Lipinski definition) is 4. The first-order chi connectivity index (χ1) is 16.5. The van der Waals surface area contributed by atoms with Crippen molar-refractivity contribution in [2.24, 2.45) is 0 Å². The standard InChI is InChI=1S/C25H25BrCl2N4OS/c26-22-11-9-18(34-22)14-16-6-5-7-19-23(25(33)30-31-12-3-1-2-4-13-31)29-32(24(16)19)21-10-8-17(27)15-20(21)28/h8-11,14-15H,1-7,12-13H2,(H,30,33). The number of hydrazine groups is 1. The molecule has 0 unspecified atom stereocenters. The molecule has 0 radical (unpaired) electrons. The van der Waals surface area contributed by atoms with Crippen LogP contribution in [0.4, 0.5) is 0 Å². The molecule has 1 aliphatic carbocycles. The van der Waals surface area contributed by atoms with Gasteiger partial charge in [-0.1, -0.05) is 36.0 Å². The lowest BCUT2D eigenvalue weighted by Crippen LogP contribution is -2.43. The Hall–Kier alpha value is -1.64. The van der Waals surface area contributed by atoms with Gasteiger partial charge in [-0.15, -0.1) is 11.3 Å². The Kier molecular flexibility index (Phi) is 7.46. The summed E-state index contributed by atoms with van der Waals surface area (Å²) in [5.74, 6) is -0.151. The number of carbonyl (C=O) groups is 1. The maximum absolute atomic E-state index is 13.4. The quantitative estimate of drug-likeness (QED) is 0.350. The molecule has 5 rings (SSSR count). The predicted molar refractivity (Wildman–Crippen MR) is 144 cm³/mol. The van der Waals surface area contributed by atoms with Crippen molar-refractivity contribution in [1.29, 1.82) is 0 Å². The van der Waals surface area contributed by atoms with Crippen LogP contribution >= 0.6 is 50.5 Å². The van der Waals surface area contributed by atoms with Crippen molar-refractivity contribution in [2.75, 3.05) is 13.1 Å². The second-order valence-electron chi connectivity index (χ2n) is 8.69. The number of nitrogens with zero attached hydrogens (tertiary/aromatic N) is 3. The van der Waals surface area contributed by atoms with Crippen LogP contribution in [0.3, 0.4) is 0 Å². The summed E-state index contributed by atoms with van der Waals surface area (Å²) in [5.41, 5.74) is 7.41. The number of benzene rings is 1. The van der Waals surface area contributed by atoms with Crippen LogP contribution in [0.15, 0.2) is 34.1 Å². The van der Waals surface area contributed by atoms with Crippen LogP contribution in [0.1, 0.15) is 65.1 Å². The van der Waals surface area contributed by atoms with Crippen molar-refractivity contribution in [3.8, 4) is 5.69 Å². The third-order valence-corrected chi connectivity index (χ3v) is 8.40. The molecule has 9 heteroatoms. The van der Waals surface area contributed by atoms with E-state index in [1.54, 1.807) is 23.5 Å². The summed E-state index contributed by atoms with van der Waals surface area (Å²) in [4.78, 5) is 14.6. The number of nitrogens with one attached hydrogen (secondary N) is 1. The highest BCUT2D eigenvalue weighted by molar-refractivity contribution is 9.11. The summed E-state index contributed by atoms with van der Waals surface area (Å²) >= 11 is 18.0. The molecule has 178 valence electrons. The van der Waals surface area contributed by atoms with Crippen LogP contribution in [0.5, 0.6) is 0 Å². The second-order valence-corrected chi connectivity index (χ2v) is 12.0. The number of rotatable bonds is 4. The normalized spacial score (nSPS) is 18.0. The molecular weight excluding hydrogens is 555 g/mol. The first-order valence-corrected chi connectivity index (χ1v) is 14.0. The number of hydrogen-bond donors (Lipinski definition) is 1. The topological polar surface area (TPSA) is 50.2 Å². The summed E-state index contributed by atoms with van der Waals surface area (Å²) in [6.07, 6.45) is 9.48. The first kappa shape index (κ1) is 24.1. The molecule has 1 N–H and O–H groups in total. The number of allylic oxidation sites excluding steroid dienone is 1. The number of carbonyl (C=O) groups excluding carboxylic acids is 1. The Morgan fingerprint density at radius 3 is 2.56 bits per heavy atom. The molecule has 2 aliphatic rings. The Balaban J connectivity index is 1.60. The van der Waals surface area contributed by atoms with Crippen LogP contribution in [0.2, 0.25) is 10.0 Å². The minimum Gasteiger partial charge on any atom is -0.283 e. The molecule has 0 saturated carbocycles. The van der Waals surface area contributed by atoms with Gasteiger partial charge in [0, 0.05) is 28.6 Å². The van der Waals surface area contributed by atoms with E-state index in [0.717, 1.165) is 76.4 Å². The van der Waals surface area contributed by atoms with Gasteiger partial charge in [0.15, 0.2) is 5.69 Å². The highest BCUT2D eigenvalue weighted by Gasteiger charge is 2.30. The molecule has 3 aromatic rings. The highest BCUT2D eigenvalue weighted by Crippen LogP contribution is 2.38. The number of amides is 1. The van der Waals surface area contributed by atoms with Crippen molar-refractivity contribution in [1.82, 2.24) is 20.2 Å². The van der Waals surface area contributed by atoms with E-state index >= 15 is 0 Å². The fourth-order valence-electron chi connectivity index (χ4n) is 4.70. The van der Waals surface area contributed by atoms with Gasteiger partial charge in [0.2, 0.25) is 0 Å². The predicted octanol–water partition coefficient (Wildman–Crippen LogP) is 7.40. The van der Waals surface area contributed by atoms with E-state index in [1.165, 1.54) is 12.8 Å². The fraction of sp³-hybridized carbons (Fsp3) is 0.360. The first-order valence-electron chi connectivity index (χ1n) is 11.6. The van der Waals surface area contributed by atoms with Gasteiger partial charge < -0.3 is 0 Å². The van der Waals surface area contributed by atoms with E-state index in [1.807, 2.05) is 21.8 Å². The molecule has 1 saturated heterocycles. The average molecular weight is 580 g/mol. The minimum absolute atomic E-state index is 0.151. The van der Waals surface area contributed by atoms with Gasteiger partial charge in [-0.3, -0.25) is 10.2 Å². The summed E-state index contributed by atoms with van der Waals surface area (Å²) in [5, 5.41) is 7.95. The molecule has 1 amide bonds. The maximum atomic E-state index is 13.4. The maximum Gasteiger partial charge on any atom is 0.286 e. The van der Waals surface area contributed by atoms with Crippen LogP contribution in [-0.2, 0) is 6.42 Å². The van der Waals surface area contributed by atoms with E-state index in [0.29, 0.717) is 15.7 Å². The fourth-order valence-corrected chi connectivity index (χ4v) is 6.58. The van der Waals surface area contributed by atoms with Gasteiger partial charge in [-0.25, -0.2) is 9.69 Å². The van der Waals surface area contributed by atoms with Gasteiger partial charge in [0.25, 0.3) is 5.91 Å². The van der Waals surface area contributed by atoms with Crippen LogP contribution in [-0.4, -0.2) is 33.8 Å². The Morgan fingerprint density at radius 2 is 1.85 bits per heavy atom. The Labute approximate surface area is 221 Å². The molecule has 0 atom stereocenters. The molecule has 1 aromatic carbocycles. The van der Waals surface area contributed by atoms with Crippen molar-refractivity contribution < 1.29 is 4.79 Å². The number of aromatic nitrogens is 2. The molecule has 3 heterocycles. The van der Waals surface area contributed by atoms with Crippen molar-refractivity contribution in [3.05, 3.63) is 66.0 Å². The van der Waals surface area contributed by atoms with Crippen molar-refractivity contribution >= 4 is 68.0 Å².